The second kappa shape index (κ2) is 9.37. The van der Waals surface area contributed by atoms with Gasteiger partial charge in [0.1, 0.15) is 17.5 Å². The summed E-state index contributed by atoms with van der Waals surface area (Å²) >= 11 is 6.09. The summed E-state index contributed by atoms with van der Waals surface area (Å²) in [7, 11) is 0. The number of rotatable bonds is 8. The Morgan fingerprint density at radius 1 is 1.33 bits per heavy atom. The molecule has 0 saturated heterocycles. The van der Waals surface area contributed by atoms with Gasteiger partial charge < -0.3 is 9.88 Å². The maximum absolute atomic E-state index is 12.4. The third kappa shape index (κ3) is 5.33. The van der Waals surface area contributed by atoms with E-state index in [4.69, 9.17) is 16.9 Å². The molecule has 154 valence electrons. The van der Waals surface area contributed by atoms with Crippen molar-refractivity contribution in [1.29, 1.82) is 5.26 Å². The van der Waals surface area contributed by atoms with E-state index in [1.807, 2.05) is 25.3 Å². The van der Waals surface area contributed by atoms with Crippen molar-refractivity contribution in [3.63, 3.8) is 0 Å². The molecule has 2 heterocycles. The van der Waals surface area contributed by atoms with E-state index in [1.54, 1.807) is 40.0 Å². The van der Waals surface area contributed by atoms with E-state index in [9.17, 15) is 9.59 Å². The standard InChI is InChI=1S/C21H21ClN6O2/c1-14(25-21(30)20-12-27(13-24-20)7-5-15(2)29)11-28-8-6-19(26-28)16-3-4-17(10-23)18(22)9-16/h3-4,6,8-9,12-14H,5,7,11H2,1-2H3,(H,25,30). The lowest BCUT2D eigenvalue weighted by molar-refractivity contribution is -0.117. The largest absolute Gasteiger partial charge is 0.346 e. The fraction of sp³-hybridized carbons (Fsp3) is 0.286. The number of nitriles is 1. The number of nitrogens with zero attached hydrogens (tertiary/aromatic N) is 5. The molecule has 30 heavy (non-hydrogen) atoms. The van der Waals surface area contributed by atoms with E-state index in [1.165, 1.54) is 6.92 Å². The summed E-state index contributed by atoms with van der Waals surface area (Å²) in [4.78, 5) is 27.6. The highest BCUT2D eigenvalue weighted by atomic mass is 35.5. The summed E-state index contributed by atoms with van der Waals surface area (Å²) < 4.78 is 3.46. The van der Waals surface area contributed by atoms with Crippen LogP contribution >= 0.6 is 11.6 Å². The first-order valence-electron chi connectivity index (χ1n) is 9.41. The van der Waals surface area contributed by atoms with Crippen LogP contribution in [-0.4, -0.2) is 37.1 Å². The van der Waals surface area contributed by atoms with E-state index in [0.29, 0.717) is 35.8 Å². The molecule has 9 heteroatoms. The molecular weight excluding hydrogens is 404 g/mol. The maximum atomic E-state index is 12.4. The molecule has 8 nitrogen and oxygen atoms in total. The number of carbonyl (C=O) groups is 2. The van der Waals surface area contributed by atoms with Crippen LogP contribution in [0.1, 0.15) is 36.3 Å². The number of aromatic nitrogens is 4. The van der Waals surface area contributed by atoms with Crippen molar-refractivity contribution >= 4 is 23.3 Å². The fourth-order valence-corrected chi connectivity index (χ4v) is 3.12. The molecule has 1 aromatic carbocycles. The number of halogens is 1. The van der Waals surface area contributed by atoms with Crippen molar-refractivity contribution in [3.8, 4) is 17.3 Å². The molecule has 0 fully saturated rings. The Morgan fingerprint density at radius 3 is 2.83 bits per heavy atom. The third-order valence-corrected chi connectivity index (χ3v) is 4.77. The van der Waals surface area contributed by atoms with Crippen LogP contribution in [0.3, 0.4) is 0 Å². The number of nitrogens with one attached hydrogen (secondary N) is 1. The molecule has 0 spiro atoms. The minimum absolute atomic E-state index is 0.0881. The van der Waals surface area contributed by atoms with Gasteiger partial charge in [-0.1, -0.05) is 17.7 Å². The molecule has 0 aliphatic carbocycles. The van der Waals surface area contributed by atoms with Gasteiger partial charge in [0.15, 0.2) is 0 Å². The summed E-state index contributed by atoms with van der Waals surface area (Å²) in [5.41, 5.74) is 2.26. The molecule has 0 radical (unpaired) electrons. The monoisotopic (exact) mass is 424 g/mol. The number of carbonyl (C=O) groups excluding carboxylic acids is 2. The number of benzene rings is 1. The fourth-order valence-electron chi connectivity index (χ4n) is 2.89. The number of Topliss-reactive ketones (excluding diaryl/α,β-unsaturated/α-hetero) is 1. The summed E-state index contributed by atoms with van der Waals surface area (Å²) in [5, 5.41) is 16.8. The zero-order valence-corrected chi connectivity index (χ0v) is 17.4. The van der Waals surface area contributed by atoms with Gasteiger partial charge in [-0.05, 0) is 32.0 Å². The summed E-state index contributed by atoms with van der Waals surface area (Å²) in [6, 6.07) is 8.86. The van der Waals surface area contributed by atoms with Crippen molar-refractivity contribution < 1.29 is 9.59 Å². The van der Waals surface area contributed by atoms with Gasteiger partial charge in [0, 0.05) is 37.0 Å². The van der Waals surface area contributed by atoms with Gasteiger partial charge in [0.05, 0.1) is 29.2 Å². The Morgan fingerprint density at radius 2 is 2.13 bits per heavy atom. The van der Waals surface area contributed by atoms with Gasteiger partial charge in [-0.15, -0.1) is 0 Å². The lowest BCUT2D eigenvalue weighted by Gasteiger charge is -2.13. The molecule has 1 N–H and O–H groups in total. The predicted molar refractivity (Wildman–Crippen MR) is 112 cm³/mol. The van der Waals surface area contributed by atoms with Crippen LogP contribution in [0.25, 0.3) is 11.3 Å². The maximum Gasteiger partial charge on any atom is 0.271 e. The molecule has 0 bridgehead atoms. The number of hydrogen-bond donors (Lipinski definition) is 1. The third-order valence-electron chi connectivity index (χ3n) is 4.45. The molecule has 0 aliphatic heterocycles. The Balaban J connectivity index is 1.58. The first-order chi connectivity index (χ1) is 14.4. The van der Waals surface area contributed by atoms with Crippen LogP contribution in [-0.2, 0) is 17.9 Å². The number of amides is 1. The van der Waals surface area contributed by atoms with Crippen molar-refractivity contribution in [2.45, 2.75) is 39.4 Å². The average molecular weight is 425 g/mol. The van der Waals surface area contributed by atoms with Crippen molar-refractivity contribution in [1.82, 2.24) is 24.6 Å². The van der Waals surface area contributed by atoms with Gasteiger partial charge in [0.25, 0.3) is 5.91 Å². The quantitative estimate of drug-likeness (QED) is 0.598. The average Bonchev–Trinajstić information content (AvgIpc) is 3.36. The van der Waals surface area contributed by atoms with Crippen LogP contribution < -0.4 is 5.32 Å². The number of imidazole rings is 1. The normalized spacial score (nSPS) is 11.7. The smallest absolute Gasteiger partial charge is 0.271 e. The van der Waals surface area contributed by atoms with Crippen LogP contribution in [0.5, 0.6) is 0 Å². The Hall–Kier alpha value is -3.44. The predicted octanol–water partition coefficient (Wildman–Crippen LogP) is 3.07. The lowest BCUT2D eigenvalue weighted by Crippen LogP contribution is -2.36. The molecular formula is C21H21ClN6O2. The number of aryl methyl sites for hydroxylation is 1. The second-order valence-electron chi connectivity index (χ2n) is 7.05. The van der Waals surface area contributed by atoms with Crippen LogP contribution in [0, 0.1) is 11.3 Å². The SMILES string of the molecule is CC(=O)CCn1cnc(C(=O)NC(C)Cn2ccc(-c3ccc(C#N)c(Cl)c3)n2)c1. The van der Waals surface area contributed by atoms with E-state index in [0.717, 1.165) is 11.3 Å². The molecule has 0 saturated carbocycles. The van der Waals surface area contributed by atoms with Crippen LogP contribution in [0.15, 0.2) is 43.0 Å². The number of hydrogen-bond acceptors (Lipinski definition) is 5. The van der Waals surface area contributed by atoms with Crippen molar-refractivity contribution in [2.75, 3.05) is 0 Å². The molecule has 1 unspecified atom stereocenters. The van der Waals surface area contributed by atoms with Crippen molar-refractivity contribution in [2.24, 2.45) is 0 Å². The molecule has 0 aliphatic rings. The van der Waals surface area contributed by atoms with E-state index in [-0.39, 0.29) is 17.7 Å². The highest BCUT2D eigenvalue weighted by molar-refractivity contribution is 6.32. The molecule has 3 rings (SSSR count). The van der Waals surface area contributed by atoms with E-state index in [2.05, 4.69) is 15.4 Å². The van der Waals surface area contributed by atoms with Gasteiger partial charge in [-0.2, -0.15) is 10.4 Å². The first kappa shape index (κ1) is 21.3. The molecule has 2 aromatic heterocycles. The highest BCUT2D eigenvalue weighted by Gasteiger charge is 2.14. The summed E-state index contributed by atoms with van der Waals surface area (Å²) in [6.45, 7) is 4.38. The van der Waals surface area contributed by atoms with Gasteiger partial charge in [0.2, 0.25) is 0 Å². The highest BCUT2D eigenvalue weighted by Crippen LogP contribution is 2.24. The number of ketones is 1. The van der Waals surface area contributed by atoms with E-state index < -0.39 is 0 Å². The van der Waals surface area contributed by atoms with Gasteiger partial charge in [-0.3, -0.25) is 14.3 Å². The molecule has 1 atom stereocenters. The lowest BCUT2D eigenvalue weighted by atomic mass is 10.1. The first-order valence-corrected chi connectivity index (χ1v) is 9.79. The Labute approximate surface area is 179 Å². The summed E-state index contributed by atoms with van der Waals surface area (Å²) in [5.74, 6) is -0.194. The van der Waals surface area contributed by atoms with Crippen LogP contribution in [0.4, 0.5) is 0 Å². The van der Waals surface area contributed by atoms with Crippen molar-refractivity contribution in [3.05, 3.63) is 59.3 Å². The summed E-state index contributed by atoms with van der Waals surface area (Å²) in [6.07, 6.45) is 5.40. The topological polar surface area (TPSA) is 106 Å². The second-order valence-corrected chi connectivity index (χ2v) is 7.46. The molecule has 1 amide bonds. The van der Waals surface area contributed by atoms with Gasteiger partial charge in [-0.25, -0.2) is 4.98 Å². The zero-order valence-electron chi connectivity index (χ0n) is 16.7. The van der Waals surface area contributed by atoms with Gasteiger partial charge >= 0.3 is 0 Å². The minimum Gasteiger partial charge on any atom is -0.346 e. The minimum atomic E-state index is -0.282. The van der Waals surface area contributed by atoms with Crippen LogP contribution in [0.2, 0.25) is 5.02 Å². The Kier molecular flexibility index (Phi) is 6.65. The zero-order chi connectivity index (χ0) is 21.7. The Bertz CT molecular complexity index is 1110. The van der Waals surface area contributed by atoms with E-state index >= 15 is 0 Å². The molecule has 3 aromatic rings.